The summed E-state index contributed by atoms with van der Waals surface area (Å²) in [5, 5.41) is 7.03. The highest BCUT2D eigenvalue weighted by atomic mass is 35.5. The molecule has 6 heteroatoms. The van der Waals surface area contributed by atoms with Gasteiger partial charge in [-0.05, 0) is 55.3 Å². The number of halogens is 2. The zero-order valence-electron chi connectivity index (χ0n) is 13.2. The van der Waals surface area contributed by atoms with E-state index in [0.717, 1.165) is 11.3 Å². The number of ketones is 1. The zero-order valence-corrected chi connectivity index (χ0v) is 14.7. The number of rotatable bonds is 7. The molecule has 0 aliphatic heterocycles. The van der Waals surface area contributed by atoms with Crippen LogP contribution >= 0.6 is 23.2 Å². The molecule has 0 atom stereocenters. The van der Waals surface area contributed by atoms with E-state index >= 15 is 0 Å². The van der Waals surface area contributed by atoms with Crippen molar-refractivity contribution >= 4 is 40.6 Å². The maximum atomic E-state index is 11.8. The molecule has 4 nitrogen and oxygen atoms in total. The van der Waals surface area contributed by atoms with E-state index in [2.05, 4.69) is 10.6 Å². The van der Waals surface area contributed by atoms with Crippen LogP contribution in [0, 0.1) is 0 Å². The summed E-state index contributed by atoms with van der Waals surface area (Å²) in [5.41, 5.74) is 2.37. The van der Waals surface area contributed by atoms with Crippen LogP contribution in [0.15, 0.2) is 42.5 Å². The normalized spacial score (nSPS) is 10.3. The topological polar surface area (TPSA) is 58.2 Å². The summed E-state index contributed by atoms with van der Waals surface area (Å²) in [5.74, 6) is -0.101. The van der Waals surface area contributed by atoms with E-state index in [-0.39, 0.29) is 18.2 Å². The van der Waals surface area contributed by atoms with E-state index in [4.69, 9.17) is 23.2 Å². The third kappa shape index (κ3) is 5.55. The van der Waals surface area contributed by atoms with E-state index in [1.54, 1.807) is 36.4 Å². The van der Waals surface area contributed by atoms with Crippen LogP contribution in [0.4, 0.5) is 5.69 Å². The predicted molar refractivity (Wildman–Crippen MR) is 98.1 cm³/mol. The second-order valence-corrected chi connectivity index (χ2v) is 6.17. The summed E-state index contributed by atoms with van der Waals surface area (Å²) in [4.78, 5) is 23.0. The number of nitrogens with one attached hydrogen (secondary N) is 2. The summed E-state index contributed by atoms with van der Waals surface area (Å²) in [6, 6.07) is 12.3. The van der Waals surface area contributed by atoms with Crippen LogP contribution < -0.4 is 10.6 Å². The lowest BCUT2D eigenvalue weighted by molar-refractivity contribution is -0.119. The summed E-state index contributed by atoms with van der Waals surface area (Å²) >= 11 is 11.9. The SMILES string of the molecule is CC(=O)c1ccc(NCC(=O)NCCc2ccc(Cl)cc2Cl)cc1. The first-order chi connectivity index (χ1) is 11.5. The van der Waals surface area contributed by atoms with Crippen LogP contribution in [0.25, 0.3) is 0 Å². The highest BCUT2D eigenvalue weighted by Gasteiger charge is 2.04. The second-order valence-electron chi connectivity index (χ2n) is 5.32. The lowest BCUT2D eigenvalue weighted by atomic mass is 10.1. The Morgan fingerprint density at radius 1 is 1.04 bits per heavy atom. The van der Waals surface area contributed by atoms with Crippen molar-refractivity contribution in [3.63, 3.8) is 0 Å². The molecule has 126 valence electrons. The van der Waals surface area contributed by atoms with Crippen molar-refractivity contribution in [2.45, 2.75) is 13.3 Å². The molecular formula is C18H18Cl2N2O2. The summed E-state index contributed by atoms with van der Waals surface area (Å²) in [7, 11) is 0. The standard InChI is InChI=1S/C18H18Cl2N2O2/c1-12(23)13-3-6-16(7-4-13)22-11-18(24)21-9-8-14-2-5-15(19)10-17(14)20/h2-7,10,22H,8-9,11H2,1H3,(H,21,24). The fourth-order valence-corrected chi connectivity index (χ4v) is 2.63. The number of Topliss-reactive ketones (excluding diaryl/α,β-unsaturated/α-hetero) is 1. The van der Waals surface area contributed by atoms with Gasteiger partial charge in [-0.15, -0.1) is 0 Å². The lowest BCUT2D eigenvalue weighted by Gasteiger charge is -2.09. The molecule has 0 radical (unpaired) electrons. The minimum Gasteiger partial charge on any atom is -0.376 e. The van der Waals surface area contributed by atoms with E-state index in [9.17, 15) is 9.59 Å². The van der Waals surface area contributed by atoms with Crippen molar-refractivity contribution in [1.82, 2.24) is 5.32 Å². The fraction of sp³-hybridized carbons (Fsp3) is 0.222. The molecule has 2 aromatic carbocycles. The Kier molecular flexibility index (Phi) is 6.64. The minimum absolute atomic E-state index is 0.0140. The molecule has 2 N–H and O–H groups in total. The van der Waals surface area contributed by atoms with Crippen LogP contribution in [0.1, 0.15) is 22.8 Å². The van der Waals surface area contributed by atoms with E-state index in [1.807, 2.05) is 6.07 Å². The van der Waals surface area contributed by atoms with Gasteiger partial charge in [0.2, 0.25) is 5.91 Å². The van der Waals surface area contributed by atoms with Gasteiger partial charge >= 0.3 is 0 Å². The van der Waals surface area contributed by atoms with Crippen molar-refractivity contribution in [1.29, 1.82) is 0 Å². The molecule has 0 aliphatic carbocycles. The van der Waals surface area contributed by atoms with Gasteiger partial charge in [0.1, 0.15) is 0 Å². The van der Waals surface area contributed by atoms with E-state index in [0.29, 0.717) is 28.6 Å². The number of carbonyl (C=O) groups excluding carboxylic acids is 2. The number of hydrogen-bond donors (Lipinski definition) is 2. The minimum atomic E-state index is -0.115. The third-order valence-corrected chi connectivity index (χ3v) is 4.06. The summed E-state index contributed by atoms with van der Waals surface area (Å²) < 4.78 is 0. The number of anilines is 1. The summed E-state index contributed by atoms with van der Waals surface area (Å²) in [6.45, 7) is 2.17. The maximum absolute atomic E-state index is 11.8. The molecule has 24 heavy (non-hydrogen) atoms. The predicted octanol–water partition coefficient (Wildman–Crippen LogP) is 3.97. The lowest BCUT2D eigenvalue weighted by Crippen LogP contribution is -2.31. The molecule has 1 amide bonds. The Morgan fingerprint density at radius 2 is 1.75 bits per heavy atom. The van der Waals surface area contributed by atoms with Gasteiger partial charge in [0.15, 0.2) is 5.78 Å². The van der Waals surface area contributed by atoms with Gasteiger partial charge in [-0.1, -0.05) is 29.3 Å². The molecule has 0 saturated heterocycles. The van der Waals surface area contributed by atoms with Crippen molar-refractivity contribution in [2.75, 3.05) is 18.4 Å². The first kappa shape index (κ1) is 18.3. The first-order valence-electron chi connectivity index (χ1n) is 7.51. The van der Waals surface area contributed by atoms with Crippen LogP contribution in [0.2, 0.25) is 10.0 Å². The Hall–Kier alpha value is -2.04. The molecule has 0 aliphatic rings. The molecule has 0 bridgehead atoms. The molecule has 0 fully saturated rings. The van der Waals surface area contributed by atoms with Gasteiger partial charge in [0.05, 0.1) is 6.54 Å². The van der Waals surface area contributed by atoms with Crippen molar-refractivity contribution in [2.24, 2.45) is 0 Å². The number of hydrogen-bond acceptors (Lipinski definition) is 3. The third-order valence-electron chi connectivity index (χ3n) is 3.48. The average Bonchev–Trinajstić information content (AvgIpc) is 2.55. The Bertz CT molecular complexity index is 730. The van der Waals surface area contributed by atoms with Gasteiger partial charge in [0.25, 0.3) is 0 Å². The van der Waals surface area contributed by atoms with E-state index < -0.39 is 0 Å². The molecule has 0 spiro atoms. The molecule has 2 aromatic rings. The highest BCUT2D eigenvalue weighted by Crippen LogP contribution is 2.21. The molecule has 0 heterocycles. The monoisotopic (exact) mass is 364 g/mol. The smallest absolute Gasteiger partial charge is 0.239 e. The van der Waals surface area contributed by atoms with Gasteiger partial charge in [-0.25, -0.2) is 0 Å². The van der Waals surface area contributed by atoms with Gasteiger partial charge in [-0.3, -0.25) is 9.59 Å². The zero-order chi connectivity index (χ0) is 17.5. The maximum Gasteiger partial charge on any atom is 0.239 e. The van der Waals surface area contributed by atoms with Crippen molar-refractivity contribution in [3.8, 4) is 0 Å². The summed E-state index contributed by atoms with van der Waals surface area (Å²) in [6.07, 6.45) is 0.634. The Balaban J connectivity index is 1.74. The molecular weight excluding hydrogens is 347 g/mol. The fourth-order valence-electron chi connectivity index (χ4n) is 2.13. The molecule has 0 unspecified atom stereocenters. The van der Waals surface area contributed by atoms with Gasteiger partial charge in [-0.2, -0.15) is 0 Å². The quantitative estimate of drug-likeness (QED) is 0.730. The number of amides is 1. The molecule has 2 rings (SSSR count). The highest BCUT2D eigenvalue weighted by molar-refractivity contribution is 6.35. The Labute approximate surface area is 151 Å². The van der Waals surface area contributed by atoms with E-state index in [1.165, 1.54) is 6.92 Å². The largest absolute Gasteiger partial charge is 0.376 e. The van der Waals surface area contributed by atoms with Crippen LogP contribution in [-0.2, 0) is 11.2 Å². The number of benzene rings is 2. The Morgan fingerprint density at radius 3 is 2.38 bits per heavy atom. The van der Waals surface area contributed by atoms with Crippen LogP contribution in [0.5, 0.6) is 0 Å². The van der Waals surface area contributed by atoms with Crippen molar-refractivity contribution in [3.05, 3.63) is 63.6 Å². The molecule has 0 saturated carbocycles. The van der Waals surface area contributed by atoms with Crippen molar-refractivity contribution < 1.29 is 9.59 Å². The van der Waals surface area contributed by atoms with Crippen LogP contribution in [-0.4, -0.2) is 24.8 Å². The second kappa shape index (κ2) is 8.71. The van der Waals surface area contributed by atoms with Crippen LogP contribution in [0.3, 0.4) is 0 Å². The number of carbonyl (C=O) groups is 2. The average molecular weight is 365 g/mol. The van der Waals surface area contributed by atoms with Gasteiger partial charge < -0.3 is 10.6 Å². The van der Waals surface area contributed by atoms with Gasteiger partial charge in [0, 0.05) is 27.8 Å². The molecule has 0 aromatic heterocycles. The first-order valence-corrected chi connectivity index (χ1v) is 8.27.